The van der Waals surface area contributed by atoms with Gasteiger partial charge >= 0.3 is 12.4 Å². The van der Waals surface area contributed by atoms with E-state index in [2.05, 4.69) is 15.6 Å². The van der Waals surface area contributed by atoms with Crippen LogP contribution in [0.5, 0.6) is 5.75 Å². The Kier molecular flexibility index (Phi) is 9.89. The Bertz CT molecular complexity index is 1330. The summed E-state index contributed by atoms with van der Waals surface area (Å²) in [6.07, 6.45) is -16.5. The number of halogens is 7. The van der Waals surface area contributed by atoms with E-state index in [1.54, 1.807) is 36.4 Å². The van der Waals surface area contributed by atoms with Crippen molar-refractivity contribution in [3.8, 4) is 5.75 Å². The number of carbonyl (C=O) groups is 3. The fourth-order valence-corrected chi connectivity index (χ4v) is 4.57. The Hall–Kier alpha value is -3.81. The number of anilines is 1. The van der Waals surface area contributed by atoms with Crippen LogP contribution in [0.25, 0.3) is 0 Å². The largest absolute Gasteiger partial charge is 0.495 e. The molecule has 1 heterocycles. The molecule has 1 aliphatic rings. The average Bonchev–Trinajstić information content (AvgIpc) is 3.00. The number of rotatable bonds is 10. The third kappa shape index (κ3) is 8.59. The van der Waals surface area contributed by atoms with Gasteiger partial charge in [0.15, 0.2) is 0 Å². The summed E-state index contributed by atoms with van der Waals surface area (Å²) >= 11 is 6.13. The molecule has 0 aromatic heterocycles. The first-order chi connectivity index (χ1) is 19.1. The van der Waals surface area contributed by atoms with Crippen LogP contribution >= 0.6 is 11.6 Å². The van der Waals surface area contributed by atoms with Crippen molar-refractivity contribution in [1.82, 2.24) is 5.32 Å². The van der Waals surface area contributed by atoms with Crippen LogP contribution in [0.4, 0.5) is 32.0 Å². The molecule has 0 aliphatic carbocycles. The number of primary amides is 1. The number of benzene rings is 2. The van der Waals surface area contributed by atoms with Crippen molar-refractivity contribution in [3.63, 3.8) is 0 Å². The number of carbonyl (C=O) groups excluding carboxylic acids is 3. The Morgan fingerprint density at radius 2 is 1.66 bits per heavy atom. The molecule has 3 atom stereocenters. The smallest absolute Gasteiger partial charge is 0.389 e. The second kappa shape index (κ2) is 12.8. The number of nitrogens with one attached hydrogen (secondary N) is 2. The molecule has 3 amide bonds. The van der Waals surface area contributed by atoms with Crippen molar-refractivity contribution in [1.29, 1.82) is 0 Å². The van der Waals surface area contributed by atoms with Gasteiger partial charge < -0.3 is 21.1 Å². The van der Waals surface area contributed by atoms with Crippen molar-refractivity contribution in [2.75, 3.05) is 12.4 Å². The number of alkyl halides is 6. The molecule has 0 radical (unpaired) electrons. The summed E-state index contributed by atoms with van der Waals surface area (Å²) < 4.78 is 83.1. The number of amides is 3. The van der Waals surface area contributed by atoms with E-state index in [1.165, 1.54) is 13.2 Å². The second-order valence-corrected chi connectivity index (χ2v) is 9.63. The van der Waals surface area contributed by atoms with E-state index < -0.39 is 73.8 Å². The van der Waals surface area contributed by atoms with Crippen LogP contribution in [0.2, 0.25) is 5.02 Å². The van der Waals surface area contributed by atoms with Gasteiger partial charge in [0.2, 0.25) is 18.0 Å². The summed E-state index contributed by atoms with van der Waals surface area (Å²) in [7, 11) is 1.35. The van der Waals surface area contributed by atoms with Crippen molar-refractivity contribution in [2.24, 2.45) is 22.6 Å². The number of benzodiazepines with no additional fused rings is 1. The van der Waals surface area contributed by atoms with E-state index in [0.29, 0.717) is 16.1 Å². The quantitative estimate of drug-likeness (QED) is 0.330. The lowest BCUT2D eigenvalue weighted by molar-refractivity contribution is -0.152. The van der Waals surface area contributed by atoms with E-state index in [9.17, 15) is 40.7 Å². The number of ether oxygens (including phenoxy) is 1. The molecular formula is C26H25ClF6N4O4. The molecule has 2 aromatic carbocycles. The molecule has 15 heteroatoms. The summed E-state index contributed by atoms with van der Waals surface area (Å²) in [6.45, 7) is 0. The van der Waals surface area contributed by atoms with Gasteiger partial charge in [0, 0.05) is 40.8 Å². The zero-order valence-corrected chi connectivity index (χ0v) is 22.2. The van der Waals surface area contributed by atoms with Gasteiger partial charge in [-0.3, -0.25) is 14.4 Å². The number of aliphatic imine (C=N–C) groups is 1. The fourth-order valence-electron chi connectivity index (χ4n) is 4.38. The lowest BCUT2D eigenvalue weighted by Gasteiger charge is -2.26. The van der Waals surface area contributed by atoms with E-state index in [0.717, 1.165) is 0 Å². The molecule has 0 spiro atoms. The molecular weight excluding hydrogens is 582 g/mol. The van der Waals surface area contributed by atoms with Crippen molar-refractivity contribution in [3.05, 3.63) is 58.6 Å². The predicted molar refractivity (Wildman–Crippen MR) is 137 cm³/mol. The highest BCUT2D eigenvalue weighted by Crippen LogP contribution is 2.35. The minimum Gasteiger partial charge on any atom is -0.495 e. The predicted octanol–water partition coefficient (Wildman–Crippen LogP) is 4.98. The Labute approximate surface area is 235 Å². The first-order valence-corrected chi connectivity index (χ1v) is 12.5. The molecule has 0 bridgehead atoms. The number of hydrogen-bond acceptors (Lipinski definition) is 5. The van der Waals surface area contributed by atoms with Crippen molar-refractivity contribution in [2.45, 2.75) is 44.2 Å². The Morgan fingerprint density at radius 1 is 1.05 bits per heavy atom. The topological polar surface area (TPSA) is 123 Å². The summed E-state index contributed by atoms with van der Waals surface area (Å²) in [5, 5.41) is 5.06. The van der Waals surface area contributed by atoms with Gasteiger partial charge in [0.25, 0.3) is 5.91 Å². The highest BCUT2D eigenvalue weighted by molar-refractivity contribution is 6.31. The third-order valence-electron chi connectivity index (χ3n) is 6.30. The standard InChI is InChI=1S/C26H25ClF6N4O4/c1-41-18-7-3-6-17-19(13-4-2-5-14(27)12-13)35-22(24(40)36-20(17)18)37-23(39)16(9-11-26(31,32)33)15(21(34)38)8-10-25(28,29)30/h2-7,12,15-16,22H,8-11H2,1H3,(H2,34,38)(H,36,40)(H,37,39)/t15-,16+,22+/m0/s1. The molecule has 2 aromatic rings. The molecule has 0 unspecified atom stereocenters. The van der Waals surface area contributed by atoms with Gasteiger partial charge in [-0.25, -0.2) is 4.99 Å². The van der Waals surface area contributed by atoms with Crippen molar-refractivity contribution < 1.29 is 45.5 Å². The number of nitrogens with two attached hydrogens (primary N) is 1. The SMILES string of the molecule is COc1cccc2c1NC(=O)[C@@H](NC(=O)[C@H](CCC(F)(F)F)[C@H](CCC(F)(F)F)C(N)=O)N=C2c1cccc(Cl)c1. The number of nitrogens with zero attached hydrogens (tertiary/aromatic N) is 1. The number of hydrogen-bond donors (Lipinski definition) is 3. The Morgan fingerprint density at radius 3 is 2.22 bits per heavy atom. The summed E-state index contributed by atoms with van der Waals surface area (Å²) in [5.41, 5.74) is 6.29. The molecule has 8 nitrogen and oxygen atoms in total. The fraction of sp³-hybridized carbons (Fsp3) is 0.385. The lowest BCUT2D eigenvalue weighted by Crippen LogP contribution is -2.48. The number of para-hydroxylation sites is 1. The van der Waals surface area contributed by atoms with Gasteiger partial charge in [-0.1, -0.05) is 35.9 Å². The number of fused-ring (bicyclic) bond motifs is 1. The van der Waals surface area contributed by atoms with Crippen LogP contribution in [0, 0.1) is 11.8 Å². The lowest BCUT2D eigenvalue weighted by atomic mass is 9.83. The summed E-state index contributed by atoms with van der Waals surface area (Å²) in [6, 6.07) is 11.0. The molecule has 0 saturated heterocycles. The average molecular weight is 607 g/mol. The first-order valence-electron chi connectivity index (χ1n) is 12.1. The molecule has 41 heavy (non-hydrogen) atoms. The summed E-state index contributed by atoms with van der Waals surface area (Å²) in [5.74, 6) is -7.23. The van der Waals surface area contributed by atoms with E-state index in [4.69, 9.17) is 22.1 Å². The third-order valence-corrected chi connectivity index (χ3v) is 6.53. The van der Waals surface area contributed by atoms with Gasteiger partial charge in [-0.15, -0.1) is 0 Å². The first kappa shape index (κ1) is 31.7. The van der Waals surface area contributed by atoms with Crippen molar-refractivity contribution >= 4 is 40.7 Å². The maximum absolute atomic E-state index is 13.3. The van der Waals surface area contributed by atoms with E-state index in [-0.39, 0.29) is 17.1 Å². The summed E-state index contributed by atoms with van der Waals surface area (Å²) in [4.78, 5) is 42.9. The molecule has 4 N–H and O–H groups in total. The van der Waals surface area contributed by atoms with Crippen LogP contribution in [0.1, 0.15) is 36.8 Å². The Balaban J connectivity index is 2.04. The van der Waals surface area contributed by atoms with Gasteiger partial charge in [0.05, 0.1) is 18.5 Å². The molecule has 3 rings (SSSR count). The molecule has 0 saturated carbocycles. The molecule has 1 aliphatic heterocycles. The van der Waals surface area contributed by atoms with E-state index in [1.807, 2.05) is 0 Å². The minimum atomic E-state index is -4.79. The maximum atomic E-state index is 13.3. The second-order valence-electron chi connectivity index (χ2n) is 9.19. The molecule has 0 fully saturated rings. The zero-order valence-electron chi connectivity index (χ0n) is 21.4. The van der Waals surface area contributed by atoms with Crippen LogP contribution in [-0.2, 0) is 14.4 Å². The van der Waals surface area contributed by atoms with Gasteiger partial charge in [0.1, 0.15) is 5.75 Å². The van der Waals surface area contributed by atoms with Crippen LogP contribution in [0.15, 0.2) is 47.5 Å². The minimum absolute atomic E-state index is 0.139. The van der Waals surface area contributed by atoms with Gasteiger partial charge in [-0.2, -0.15) is 26.3 Å². The van der Waals surface area contributed by atoms with E-state index >= 15 is 0 Å². The van der Waals surface area contributed by atoms with Crippen LogP contribution in [0.3, 0.4) is 0 Å². The number of methoxy groups -OCH3 is 1. The molecule has 222 valence electrons. The highest BCUT2D eigenvalue weighted by Gasteiger charge is 2.40. The maximum Gasteiger partial charge on any atom is 0.389 e. The highest BCUT2D eigenvalue weighted by atomic mass is 35.5. The van der Waals surface area contributed by atoms with Crippen LogP contribution < -0.4 is 21.1 Å². The van der Waals surface area contributed by atoms with Gasteiger partial charge in [-0.05, 0) is 31.0 Å². The normalized spacial score (nSPS) is 16.9. The van der Waals surface area contributed by atoms with Crippen LogP contribution in [-0.4, -0.2) is 49.1 Å². The monoisotopic (exact) mass is 606 g/mol. The zero-order chi connectivity index (χ0) is 30.5.